The predicted molar refractivity (Wildman–Crippen MR) is 129 cm³/mol. The van der Waals surface area contributed by atoms with Crippen LogP contribution in [0.4, 0.5) is 5.13 Å². The fraction of sp³-hybridized carbons (Fsp3) is 0.500. The number of hydrogen-bond donors (Lipinski definition) is 0. The molecule has 6 nitrogen and oxygen atoms in total. The Morgan fingerprint density at radius 2 is 1.87 bits per heavy atom. The van der Waals surface area contributed by atoms with E-state index in [1.54, 1.807) is 16.2 Å². The zero-order valence-electron chi connectivity index (χ0n) is 18.9. The number of aryl methyl sites for hydroxylation is 3. The first kappa shape index (κ1) is 24.3. The number of anilines is 1. The number of rotatable bonds is 7. The van der Waals surface area contributed by atoms with Gasteiger partial charge in [0, 0.05) is 18.3 Å². The molecule has 3 rings (SSSR count). The average molecular weight is 450 g/mol. The van der Waals surface area contributed by atoms with Gasteiger partial charge in [-0.05, 0) is 84.9 Å². The van der Waals surface area contributed by atoms with Gasteiger partial charge in [0.15, 0.2) is 10.8 Å². The Balaban J connectivity index is 0.00000320. The summed E-state index contributed by atoms with van der Waals surface area (Å²) in [7, 11) is 4.09. The maximum atomic E-state index is 13.4. The van der Waals surface area contributed by atoms with Gasteiger partial charge in [-0.15, -0.1) is 12.4 Å². The zero-order valence-corrected chi connectivity index (χ0v) is 20.5. The summed E-state index contributed by atoms with van der Waals surface area (Å²) in [6.45, 7) is 11.8. The third kappa shape index (κ3) is 5.02. The number of hydrogen-bond acceptors (Lipinski definition) is 5. The summed E-state index contributed by atoms with van der Waals surface area (Å²) in [6, 6.07) is 6.31. The molecular formula is C22H32ClN5OS. The predicted octanol–water partition coefficient (Wildman–Crippen LogP) is 5.02. The van der Waals surface area contributed by atoms with E-state index in [0.717, 1.165) is 34.0 Å². The number of carbonyl (C=O) groups excluding carboxylic acids is 1. The van der Waals surface area contributed by atoms with Crippen LogP contribution in [0, 0.1) is 20.8 Å². The Kier molecular flexibility index (Phi) is 8.02. The molecule has 0 N–H and O–H groups in total. The lowest BCUT2D eigenvalue weighted by atomic mass is 10.1. The SMILES string of the molecule is Cc1ccc2sc(N(CCCN(C)C)C(=O)c3cc(C)n(C(C)C)n3)nc2c1C.Cl. The van der Waals surface area contributed by atoms with Crippen molar-refractivity contribution in [3.63, 3.8) is 0 Å². The third-order valence-electron chi connectivity index (χ3n) is 5.17. The molecule has 2 aromatic heterocycles. The molecule has 1 aromatic carbocycles. The lowest BCUT2D eigenvalue weighted by Gasteiger charge is -2.20. The molecule has 2 heterocycles. The standard InChI is InChI=1S/C22H31N5OS.ClH/c1-14(2)27-16(4)13-18(24-27)21(28)26(12-8-11-25(6)7)22-23-20-17(5)15(3)9-10-19(20)29-22;/h9-10,13-14H,8,11-12H2,1-7H3;1H. The monoisotopic (exact) mass is 449 g/mol. The first-order chi connectivity index (χ1) is 13.7. The number of halogens is 1. The summed E-state index contributed by atoms with van der Waals surface area (Å²) >= 11 is 1.57. The Bertz CT molecular complexity index is 1020. The lowest BCUT2D eigenvalue weighted by Crippen LogP contribution is -2.33. The topological polar surface area (TPSA) is 54.3 Å². The van der Waals surface area contributed by atoms with E-state index in [0.29, 0.717) is 12.2 Å². The normalized spacial score (nSPS) is 11.4. The van der Waals surface area contributed by atoms with Crippen LogP contribution in [0.5, 0.6) is 0 Å². The van der Waals surface area contributed by atoms with E-state index in [1.807, 2.05) is 31.8 Å². The van der Waals surface area contributed by atoms with Crippen molar-refractivity contribution in [3.05, 3.63) is 40.7 Å². The fourth-order valence-electron chi connectivity index (χ4n) is 3.41. The third-order valence-corrected chi connectivity index (χ3v) is 6.21. The molecule has 0 radical (unpaired) electrons. The van der Waals surface area contributed by atoms with Gasteiger partial charge in [0.25, 0.3) is 5.91 Å². The Hall–Kier alpha value is -1.96. The second-order valence-electron chi connectivity index (χ2n) is 8.17. The van der Waals surface area contributed by atoms with Crippen molar-refractivity contribution >= 4 is 45.0 Å². The molecule has 1 amide bonds. The summed E-state index contributed by atoms with van der Waals surface area (Å²) in [6.07, 6.45) is 0.872. The Morgan fingerprint density at radius 3 is 2.47 bits per heavy atom. The van der Waals surface area contributed by atoms with Gasteiger partial charge in [-0.1, -0.05) is 17.4 Å². The van der Waals surface area contributed by atoms with Crippen LogP contribution in [-0.2, 0) is 0 Å². The van der Waals surface area contributed by atoms with E-state index in [4.69, 9.17) is 4.98 Å². The highest BCUT2D eigenvalue weighted by atomic mass is 35.5. The van der Waals surface area contributed by atoms with E-state index in [-0.39, 0.29) is 24.4 Å². The minimum absolute atomic E-state index is 0. The number of fused-ring (bicyclic) bond motifs is 1. The zero-order chi connectivity index (χ0) is 21.3. The highest BCUT2D eigenvalue weighted by Gasteiger charge is 2.24. The molecule has 164 valence electrons. The smallest absolute Gasteiger partial charge is 0.280 e. The van der Waals surface area contributed by atoms with Crippen LogP contribution in [0.2, 0.25) is 0 Å². The first-order valence-electron chi connectivity index (χ1n) is 10.1. The molecule has 0 saturated heterocycles. The van der Waals surface area contributed by atoms with Crippen LogP contribution in [0.15, 0.2) is 18.2 Å². The second kappa shape index (κ2) is 9.90. The van der Waals surface area contributed by atoms with Gasteiger partial charge in [0.05, 0.1) is 10.2 Å². The molecule has 30 heavy (non-hydrogen) atoms. The number of benzene rings is 1. The number of carbonyl (C=O) groups is 1. The summed E-state index contributed by atoms with van der Waals surface area (Å²) < 4.78 is 3.01. The molecular weight excluding hydrogens is 418 g/mol. The Labute approximate surface area is 189 Å². The average Bonchev–Trinajstić information content (AvgIpc) is 3.25. The van der Waals surface area contributed by atoms with Gasteiger partial charge in [-0.2, -0.15) is 5.10 Å². The number of aromatic nitrogens is 3. The molecule has 0 fully saturated rings. The van der Waals surface area contributed by atoms with E-state index >= 15 is 0 Å². The fourth-order valence-corrected chi connectivity index (χ4v) is 4.46. The van der Waals surface area contributed by atoms with Crippen LogP contribution < -0.4 is 4.90 Å². The molecule has 0 atom stereocenters. The van der Waals surface area contributed by atoms with E-state index in [2.05, 4.69) is 49.8 Å². The van der Waals surface area contributed by atoms with Gasteiger partial charge in [-0.3, -0.25) is 14.4 Å². The summed E-state index contributed by atoms with van der Waals surface area (Å²) in [5.74, 6) is -0.0836. The van der Waals surface area contributed by atoms with E-state index in [1.165, 1.54) is 11.1 Å². The van der Waals surface area contributed by atoms with Crippen molar-refractivity contribution in [2.24, 2.45) is 0 Å². The van der Waals surface area contributed by atoms with Crippen LogP contribution in [0.3, 0.4) is 0 Å². The highest BCUT2D eigenvalue weighted by Crippen LogP contribution is 2.32. The van der Waals surface area contributed by atoms with Crippen LogP contribution in [0.1, 0.15) is 53.6 Å². The van der Waals surface area contributed by atoms with Crippen LogP contribution >= 0.6 is 23.7 Å². The van der Waals surface area contributed by atoms with Crippen molar-refractivity contribution in [2.45, 2.75) is 47.1 Å². The number of amides is 1. The van der Waals surface area contributed by atoms with Crippen molar-refractivity contribution in [3.8, 4) is 0 Å². The number of nitrogens with zero attached hydrogens (tertiary/aromatic N) is 5. The van der Waals surface area contributed by atoms with Crippen molar-refractivity contribution in [1.29, 1.82) is 0 Å². The Morgan fingerprint density at radius 1 is 1.17 bits per heavy atom. The molecule has 0 spiro atoms. The number of thiazole rings is 1. The quantitative estimate of drug-likeness (QED) is 0.508. The molecule has 8 heteroatoms. The van der Waals surface area contributed by atoms with Gasteiger partial charge >= 0.3 is 0 Å². The van der Waals surface area contributed by atoms with Gasteiger partial charge in [0.1, 0.15) is 0 Å². The van der Waals surface area contributed by atoms with Crippen molar-refractivity contribution in [1.82, 2.24) is 19.7 Å². The highest BCUT2D eigenvalue weighted by molar-refractivity contribution is 7.22. The van der Waals surface area contributed by atoms with E-state index in [9.17, 15) is 4.79 Å². The van der Waals surface area contributed by atoms with Gasteiger partial charge in [-0.25, -0.2) is 4.98 Å². The van der Waals surface area contributed by atoms with E-state index < -0.39 is 0 Å². The molecule has 0 bridgehead atoms. The summed E-state index contributed by atoms with van der Waals surface area (Å²) in [4.78, 5) is 22.2. The molecule has 0 aliphatic rings. The maximum Gasteiger partial charge on any atom is 0.280 e. The molecule has 0 aliphatic heterocycles. The summed E-state index contributed by atoms with van der Waals surface area (Å²) in [5.41, 5.74) is 4.84. The van der Waals surface area contributed by atoms with Gasteiger partial charge < -0.3 is 4.90 Å². The molecule has 3 aromatic rings. The van der Waals surface area contributed by atoms with Crippen LogP contribution in [-0.4, -0.2) is 52.8 Å². The van der Waals surface area contributed by atoms with Gasteiger partial charge in [0.2, 0.25) is 0 Å². The summed E-state index contributed by atoms with van der Waals surface area (Å²) in [5, 5.41) is 5.32. The molecule has 0 saturated carbocycles. The minimum Gasteiger partial charge on any atom is -0.309 e. The molecule has 0 aliphatic carbocycles. The minimum atomic E-state index is -0.0836. The first-order valence-corrected chi connectivity index (χ1v) is 10.9. The van der Waals surface area contributed by atoms with Crippen LogP contribution in [0.25, 0.3) is 10.2 Å². The lowest BCUT2D eigenvalue weighted by molar-refractivity contribution is 0.0980. The van der Waals surface area contributed by atoms with Crippen molar-refractivity contribution < 1.29 is 4.79 Å². The maximum absolute atomic E-state index is 13.4. The second-order valence-corrected chi connectivity index (χ2v) is 9.18. The van der Waals surface area contributed by atoms with Crippen molar-refractivity contribution in [2.75, 3.05) is 32.1 Å². The molecule has 0 unspecified atom stereocenters. The largest absolute Gasteiger partial charge is 0.309 e.